The number of benzene rings is 1. The normalized spacial score (nSPS) is 10.6. The predicted octanol–water partition coefficient (Wildman–Crippen LogP) is 2.12. The molecule has 1 aromatic heterocycles. The summed E-state index contributed by atoms with van der Waals surface area (Å²) < 4.78 is 0. The van der Waals surface area contributed by atoms with E-state index in [4.69, 9.17) is 0 Å². The minimum Gasteiger partial charge on any atom is -0.353 e. The quantitative estimate of drug-likeness (QED) is 0.872. The Morgan fingerprint density at radius 3 is 2.28 bits per heavy atom. The molecule has 0 spiro atoms. The summed E-state index contributed by atoms with van der Waals surface area (Å²) in [4.78, 5) is 10.7. The summed E-state index contributed by atoms with van der Waals surface area (Å²) in [5.41, 5.74) is 2.17. The molecule has 2 rings (SSSR count). The average Bonchev–Trinajstić information content (AvgIpc) is 2.40. The van der Waals surface area contributed by atoms with Gasteiger partial charge in [0.1, 0.15) is 0 Å². The molecule has 0 aliphatic rings. The first-order valence-electron chi connectivity index (χ1n) is 6.02. The lowest BCUT2D eigenvalue weighted by Crippen LogP contribution is -2.21. The number of likely N-dealkylation sites (N-methyl/N-ethyl adjacent to an activating group) is 1. The summed E-state index contributed by atoms with van der Waals surface area (Å²) in [6.07, 6.45) is 3.70. The van der Waals surface area contributed by atoms with Crippen LogP contribution >= 0.6 is 0 Å². The van der Waals surface area contributed by atoms with Gasteiger partial charge in [-0.05, 0) is 19.7 Å². The Bertz CT molecular complexity index is 465. The molecule has 2 aromatic rings. The second kappa shape index (κ2) is 6.12. The van der Waals surface area contributed by atoms with Gasteiger partial charge in [0.05, 0.1) is 0 Å². The minimum absolute atomic E-state index is 0.677. The fourth-order valence-electron chi connectivity index (χ4n) is 1.59. The largest absolute Gasteiger partial charge is 0.353 e. The van der Waals surface area contributed by atoms with E-state index < -0.39 is 0 Å². The third-order valence-electron chi connectivity index (χ3n) is 2.60. The van der Waals surface area contributed by atoms with Crippen LogP contribution in [0.15, 0.2) is 42.7 Å². The summed E-state index contributed by atoms with van der Waals surface area (Å²) in [5.74, 6) is 0.677. The highest BCUT2D eigenvalue weighted by molar-refractivity contribution is 5.61. The number of rotatable bonds is 5. The standard InChI is InChI=1S/C14H18N4/c1-18(2)9-8-15-14-16-10-13(11-17-14)12-6-4-3-5-7-12/h3-7,10-11H,8-9H2,1-2H3,(H,15,16,17). The van der Waals surface area contributed by atoms with Crippen molar-refractivity contribution in [3.05, 3.63) is 42.7 Å². The van der Waals surface area contributed by atoms with Crippen LogP contribution in [-0.4, -0.2) is 42.1 Å². The molecule has 94 valence electrons. The predicted molar refractivity (Wildman–Crippen MR) is 74.5 cm³/mol. The number of hydrogen-bond donors (Lipinski definition) is 1. The third kappa shape index (κ3) is 3.53. The highest BCUT2D eigenvalue weighted by Crippen LogP contribution is 2.16. The maximum atomic E-state index is 4.31. The lowest BCUT2D eigenvalue weighted by Gasteiger charge is -2.10. The van der Waals surface area contributed by atoms with E-state index in [0.717, 1.165) is 24.2 Å². The fourth-order valence-corrected chi connectivity index (χ4v) is 1.59. The Morgan fingerprint density at radius 2 is 1.67 bits per heavy atom. The van der Waals surface area contributed by atoms with Crippen molar-refractivity contribution in [3.63, 3.8) is 0 Å². The Morgan fingerprint density at radius 1 is 1.00 bits per heavy atom. The van der Waals surface area contributed by atoms with Crippen LogP contribution in [0.25, 0.3) is 11.1 Å². The summed E-state index contributed by atoms with van der Waals surface area (Å²) >= 11 is 0. The second-order valence-electron chi connectivity index (χ2n) is 4.39. The summed E-state index contributed by atoms with van der Waals surface area (Å²) in [6, 6.07) is 10.1. The zero-order valence-corrected chi connectivity index (χ0v) is 10.8. The first kappa shape index (κ1) is 12.5. The van der Waals surface area contributed by atoms with Crippen molar-refractivity contribution in [1.82, 2.24) is 14.9 Å². The molecule has 0 bridgehead atoms. The summed E-state index contributed by atoms with van der Waals surface area (Å²) in [7, 11) is 4.09. The molecular formula is C14H18N4. The van der Waals surface area contributed by atoms with Gasteiger partial charge < -0.3 is 10.2 Å². The van der Waals surface area contributed by atoms with Gasteiger partial charge in [0.15, 0.2) is 0 Å². The van der Waals surface area contributed by atoms with Crippen molar-refractivity contribution in [2.45, 2.75) is 0 Å². The van der Waals surface area contributed by atoms with E-state index in [9.17, 15) is 0 Å². The number of hydrogen-bond acceptors (Lipinski definition) is 4. The van der Waals surface area contributed by atoms with Gasteiger partial charge in [-0.2, -0.15) is 0 Å². The molecule has 0 aliphatic heterocycles. The smallest absolute Gasteiger partial charge is 0.222 e. The maximum Gasteiger partial charge on any atom is 0.222 e. The van der Waals surface area contributed by atoms with Gasteiger partial charge >= 0.3 is 0 Å². The van der Waals surface area contributed by atoms with Crippen LogP contribution in [0, 0.1) is 0 Å². The molecule has 0 unspecified atom stereocenters. The molecule has 0 fully saturated rings. The minimum atomic E-state index is 0.677. The van der Waals surface area contributed by atoms with E-state index >= 15 is 0 Å². The van der Waals surface area contributed by atoms with Crippen LogP contribution in [0.2, 0.25) is 0 Å². The van der Waals surface area contributed by atoms with Gasteiger partial charge in [-0.25, -0.2) is 9.97 Å². The van der Waals surface area contributed by atoms with Crippen molar-refractivity contribution >= 4 is 5.95 Å². The topological polar surface area (TPSA) is 41.0 Å². The fraction of sp³-hybridized carbons (Fsp3) is 0.286. The Hall–Kier alpha value is -1.94. The third-order valence-corrected chi connectivity index (χ3v) is 2.60. The van der Waals surface area contributed by atoms with Crippen molar-refractivity contribution in [2.24, 2.45) is 0 Å². The van der Waals surface area contributed by atoms with Crippen molar-refractivity contribution in [1.29, 1.82) is 0 Å². The lowest BCUT2D eigenvalue weighted by atomic mass is 10.1. The molecule has 0 aliphatic carbocycles. The highest BCUT2D eigenvalue weighted by atomic mass is 15.1. The molecule has 0 radical (unpaired) electrons. The van der Waals surface area contributed by atoms with Crippen molar-refractivity contribution in [2.75, 3.05) is 32.5 Å². The van der Waals surface area contributed by atoms with Crippen LogP contribution in [0.5, 0.6) is 0 Å². The van der Waals surface area contributed by atoms with Gasteiger partial charge in [0, 0.05) is 31.0 Å². The molecule has 0 saturated heterocycles. The highest BCUT2D eigenvalue weighted by Gasteiger charge is 1.99. The van der Waals surface area contributed by atoms with E-state index in [1.54, 1.807) is 0 Å². The number of aromatic nitrogens is 2. The Labute approximate surface area is 108 Å². The Kier molecular flexibility index (Phi) is 4.25. The van der Waals surface area contributed by atoms with E-state index in [2.05, 4.69) is 32.3 Å². The first-order valence-corrected chi connectivity index (χ1v) is 6.02. The SMILES string of the molecule is CN(C)CCNc1ncc(-c2ccccc2)cn1. The van der Waals surface area contributed by atoms with Gasteiger partial charge in [0.2, 0.25) is 5.95 Å². The molecule has 4 heteroatoms. The molecule has 1 N–H and O–H groups in total. The van der Waals surface area contributed by atoms with E-state index in [1.807, 2.05) is 44.7 Å². The van der Waals surface area contributed by atoms with E-state index in [0.29, 0.717) is 5.95 Å². The van der Waals surface area contributed by atoms with Gasteiger partial charge in [-0.15, -0.1) is 0 Å². The van der Waals surface area contributed by atoms with Gasteiger partial charge in [-0.3, -0.25) is 0 Å². The zero-order chi connectivity index (χ0) is 12.8. The van der Waals surface area contributed by atoms with Gasteiger partial charge in [0.25, 0.3) is 0 Å². The molecule has 0 amide bonds. The number of nitrogens with zero attached hydrogens (tertiary/aromatic N) is 3. The van der Waals surface area contributed by atoms with Crippen molar-refractivity contribution in [3.8, 4) is 11.1 Å². The van der Waals surface area contributed by atoms with E-state index in [1.165, 1.54) is 0 Å². The second-order valence-corrected chi connectivity index (χ2v) is 4.39. The van der Waals surface area contributed by atoms with Crippen LogP contribution in [0.3, 0.4) is 0 Å². The van der Waals surface area contributed by atoms with Gasteiger partial charge in [-0.1, -0.05) is 30.3 Å². The van der Waals surface area contributed by atoms with Crippen LogP contribution in [0.4, 0.5) is 5.95 Å². The number of anilines is 1. The first-order chi connectivity index (χ1) is 8.75. The molecule has 18 heavy (non-hydrogen) atoms. The van der Waals surface area contributed by atoms with E-state index in [-0.39, 0.29) is 0 Å². The summed E-state index contributed by atoms with van der Waals surface area (Å²) in [5, 5.41) is 3.19. The molecule has 1 aromatic carbocycles. The molecular weight excluding hydrogens is 224 g/mol. The average molecular weight is 242 g/mol. The van der Waals surface area contributed by atoms with Crippen molar-refractivity contribution < 1.29 is 0 Å². The summed E-state index contributed by atoms with van der Waals surface area (Å²) in [6.45, 7) is 1.81. The molecule has 4 nitrogen and oxygen atoms in total. The molecule has 1 heterocycles. The van der Waals surface area contributed by atoms with Crippen LogP contribution in [-0.2, 0) is 0 Å². The Balaban J connectivity index is 1.98. The number of nitrogens with one attached hydrogen (secondary N) is 1. The van der Waals surface area contributed by atoms with Crippen LogP contribution < -0.4 is 5.32 Å². The monoisotopic (exact) mass is 242 g/mol. The molecule has 0 atom stereocenters. The van der Waals surface area contributed by atoms with Crippen LogP contribution in [0.1, 0.15) is 0 Å². The lowest BCUT2D eigenvalue weighted by molar-refractivity contribution is 0.425. The molecule has 0 saturated carbocycles. The maximum absolute atomic E-state index is 4.31. The zero-order valence-electron chi connectivity index (χ0n) is 10.8.